The molecule has 4 nitrogen and oxygen atoms in total. The van der Waals surface area contributed by atoms with Gasteiger partial charge in [-0.05, 0) is 20.4 Å². The molecule has 0 saturated carbocycles. The Labute approximate surface area is 98.3 Å². The molecule has 3 atom stereocenters. The van der Waals surface area contributed by atoms with Gasteiger partial charge in [0.25, 0.3) is 0 Å². The predicted molar refractivity (Wildman–Crippen MR) is 63.7 cm³/mol. The van der Waals surface area contributed by atoms with E-state index in [0.717, 1.165) is 32.7 Å². The van der Waals surface area contributed by atoms with Crippen LogP contribution in [-0.4, -0.2) is 63.0 Å². The summed E-state index contributed by atoms with van der Waals surface area (Å²) < 4.78 is 11.0. The van der Waals surface area contributed by atoms with Crippen LogP contribution >= 0.6 is 0 Å². The first-order valence-corrected chi connectivity index (χ1v) is 6.22. The van der Waals surface area contributed by atoms with E-state index in [2.05, 4.69) is 24.2 Å². The van der Waals surface area contributed by atoms with Crippen molar-refractivity contribution >= 4 is 0 Å². The van der Waals surface area contributed by atoms with E-state index in [0.29, 0.717) is 12.1 Å². The van der Waals surface area contributed by atoms with Crippen LogP contribution in [0.25, 0.3) is 0 Å². The zero-order valence-electron chi connectivity index (χ0n) is 10.7. The van der Waals surface area contributed by atoms with E-state index in [1.165, 1.54) is 6.42 Å². The van der Waals surface area contributed by atoms with Gasteiger partial charge in [0.2, 0.25) is 0 Å². The van der Waals surface area contributed by atoms with Crippen molar-refractivity contribution < 1.29 is 9.47 Å². The molecule has 0 aromatic carbocycles. The lowest BCUT2D eigenvalue weighted by Gasteiger charge is -2.27. The second kappa shape index (κ2) is 5.00. The van der Waals surface area contributed by atoms with Gasteiger partial charge in [0.15, 0.2) is 0 Å². The summed E-state index contributed by atoms with van der Waals surface area (Å²) in [5, 5.41) is 3.63. The Hall–Kier alpha value is -0.160. The summed E-state index contributed by atoms with van der Waals surface area (Å²) in [4.78, 5) is 2.41. The molecule has 2 fully saturated rings. The number of ether oxygens (including phenoxy) is 2. The van der Waals surface area contributed by atoms with E-state index in [4.69, 9.17) is 9.47 Å². The molecule has 2 aliphatic heterocycles. The average Bonchev–Trinajstić information content (AvgIpc) is 2.85. The highest BCUT2D eigenvalue weighted by Crippen LogP contribution is 2.23. The molecule has 0 aromatic heterocycles. The van der Waals surface area contributed by atoms with E-state index < -0.39 is 0 Å². The lowest BCUT2D eigenvalue weighted by Crippen LogP contribution is -2.47. The van der Waals surface area contributed by atoms with E-state index in [1.54, 1.807) is 7.11 Å². The van der Waals surface area contributed by atoms with Crippen LogP contribution in [0.4, 0.5) is 0 Å². The van der Waals surface area contributed by atoms with Gasteiger partial charge in [0, 0.05) is 45.3 Å². The predicted octanol–water partition coefficient (Wildman–Crippen LogP) is 0.474. The molecule has 0 radical (unpaired) electrons. The molecule has 4 heteroatoms. The Morgan fingerprint density at radius 1 is 1.56 bits per heavy atom. The maximum atomic E-state index is 5.61. The van der Waals surface area contributed by atoms with Gasteiger partial charge in [0.1, 0.15) is 5.60 Å². The second-order valence-electron chi connectivity index (χ2n) is 5.29. The summed E-state index contributed by atoms with van der Waals surface area (Å²) in [5.41, 5.74) is -0.0790. The fourth-order valence-corrected chi connectivity index (χ4v) is 2.63. The minimum atomic E-state index is -0.0790. The van der Waals surface area contributed by atoms with Gasteiger partial charge in [-0.25, -0.2) is 0 Å². The van der Waals surface area contributed by atoms with Crippen LogP contribution in [0.3, 0.4) is 0 Å². The molecule has 0 aliphatic carbocycles. The van der Waals surface area contributed by atoms with Crippen molar-refractivity contribution in [3.63, 3.8) is 0 Å². The molecule has 0 amide bonds. The van der Waals surface area contributed by atoms with Crippen molar-refractivity contribution in [1.82, 2.24) is 10.2 Å². The lowest BCUT2D eigenvalue weighted by atomic mass is 10.0. The topological polar surface area (TPSA) is 33.7 Å². The van der Waals surface area contributed by atoms with Gasteiger partial charge in [-0.3, -0.25) is 0 Å². The smallest absolute Gasteiger partial charge is 0.106 e. The summed E-state index contributed by atoms with van der Waals surface area (Å²) in [6, 6.07) is 1.29. The van der Waals surface area contributed by atoms with Crippen LogP contribution in [0.1, 0.15) is 19.8 Å². The van der Waals surface area contributed by atoms with Crippen molar-refractivity contribution in [3.8, 4) is 0 Å². The molecule has 2 rings (SSSR count). The van der Waals surface area contributed by atoms with Gasteiger partial charge in [-0.2, -0.15) is 0 Å². The Balaban J connectivity index is 1.78. The monoisotopic (exact) mass is 228 g/mol. The molecule has 2 heterocycles. The number of likely N-dealkylation sites (N-methyl/N-ethyl adjacent to an activating group) is 1. The molecule has 2 saturated heterocycles. The van der Waals surface area contributed by atoms with Crippen LogP contribution in [0.15, 0.2) is 0 Å². The highest BCUT2D eigenvalue weighted by molar-refractivity contribution is 4.91. The summed E-state index contributed by atoms with van der Waals surface area (Å²) >= 11 is 0. The summed E-state index contributed by atoms with van der Waals surface area (Å²) in [6.07, 6.45) is 2.24. The molecule has 3 unspecified atom stereocenters. The lowest BCUT2D eigenvalue weighted by molar-refractivity contribution is -0.0172. The van der Waals surface area contributed by atoms with E-state index in [-0.39, 0.29) is 5.60 Å². The summed E-state index contributed by atoms with van der Waals surface area (Å²) in [5.74, 6) is 0. The first-order chi connectivity index (χ1) is 7.65. The molecule has 0 bridgehead atoms. The van der Waals surface area contributed by atoms with E-state index in [1.807, 2.05) is 0 Å². The van der Waals surface area contributed by atoms with E-state index >= 15 is 0 Å². The third kappa shape index (κ3) is 2.56. The SMILES string of the molecule is COC1(CNC2CC(C)N(C)C2)CCOC1. The Kier molecular flexibility index (Phi) is 3.85. The molecular formula is C12H24N2O2. The first kappa shape index (κ1) is 12.3. The van der Waals surface area contributed by atoms with Gasteiger partial charge in [0.05, 0.1) is 6.61 Å². The van der Waals surface area contributed by atoms with Crippen molar-refractivity contribution in [2.45, 2.75) is 37.5 Å². The highest BCUT2D eigenvalue weighted by Gasteiger charge is 2.36. The molecule has 16 heavy (non-hydrogen) atoms. The number of nitrogens with one attached hydrogen (secondary N) is 1. The number of hydrogen-bond donors (Lipinski definition) is 1. The number of hydrogen-bond acceptors (Lipinski definition) is 4. The number of nitrogens with zero attached hydrogens (tertiary/aromatic N) is 1. The number of methoxy groups -OCH3 is 1. The molecule has 2 aliphatic rings. The number of rotatable bonds is 4. The number of likely N-dealkylation sites (tertiary alicyclic amines) is 1. The molecule has 0 aromatic rings. The highest BCUT2D eigenvalue weighted by atomic mass is 16.5. The van der Waals surface area contributed by atoms with Gasteiger partial charge < -0.3 is 19.7 Å². The largest absolute Gasteiger partial charge is 0.378 e. The first-order valence-electron chi connectivity index (χ1n) is 6.22. The normalized spacial score (nSPS) is 40.7. The van der Waals surface area contributed by atoms with Crippen LogP contribution in [-0.2, 0) is 9.47 Å². The minimum absolute atomic E-state index is 0.0790. The quantitative estimate of drug-likeness (QED) is 0.758. The third-order valence-electron chi connectivity index (χ3n) is 4.10. The maximum Gasteiger partial charge on any atom is 0.106 e. The Morgan fingerprint density at radius 3 is 2.88 bits per heavy atom. The third-order valence-corrected chi connectivity index (χ3v) is 4.10. The van der Waals surface area contributed by atoms with Crippen LogP contribution in [0, 0.1) is 0 Å². The molecule has 0 spiro atoms. The molecule has 1 N–H and O–H groups in total. The van der Waals surface area contributed by atoms with Gasteiger partial charge in [-0.15, -0.1) is 0 Å². The zero-order valence-corrected chi connectivity index (χ0v) is 10.7. The molecule has 94 valence electrons. The summed E-state index contributed by atoms with van der Waals surface area (Å²) in [6.45, 7) is 5.90. The standard InChI is InChI=1S/C12H24N2O2/c1-10-6-11(7-14(10)2)13-8-12(15-3)4-5-16-9-12/h10-11,13H,4-9H2,1-3H3. The Bertz CT molecular complexity index is 219. The minimum Gasteiger partial charge on any atom is -0.378 e. The van der Waals surface area contributed by atoms with Crippen molar-refractivity contribution in [1.29, 1.82) is 0 Å². The summed E-state index contributed by atoms with van der Waals surface area (Å²) in [7, 11) is 3.98. The molecular weight excluding hydrogens is 204 g/mol. The average molecular weight is 228 g/mol. The van der Waals surface area contributed by atoms with Gasteiger partial charge >= 0.3 is 0 Å². The van der Waals surface area contributed by atoms with Crippen LogP contribution in [0.2, 0.25) is 0 Å². The Morgan fingerprint density at radius 2 is 2.38 bits per heavy atom. The van der Waals surface area contributed by atoms with Crippen molar-refractivity contribution in [2.75, 3.05) is 40.5 Å². The fourth-order valence-electron chi connectivity index (χ4n) is 2.63. The fraction of sp³-hybridized carbons (Fsp3) is 1.00. The maximum absolute atomic E-state index is 5.61. The van der Waals surface area contributed by atoms with E-state index in [9.17, 15) is 0 Å². The van der Waals surface area contributed by atoms with Gasteiger partial charge in [-0.1, -0.05) is 0 Å². The van der Waals surface area contributed by atoms with Crippen molar-refractivity contribution in [3.05, 3.63) is 0 Å². The van der Waals surface area contributed by atoms with Crippen molar-refractivity contribution in [2.24, 2.45) is 0 Å². The van der Waals surface area contributed by atoms with Crippen LogP contribution < -0.4 is 5.32 Å². The van der Waals surface area contributed by atoms with Crippen LogP contribution in [0.5, 0.6) is 0 Å². The zero-order chi connectivity index (χ0) is 11.6. The second-order valence-corrected chi connectivity index (χ2v) is 5.29.